The van der Waals surface area contributed by atoms with Crippen molar-refractivity contribution in [2.45, 2.75) is 24.7 Å². The zero-order chi connectivity index (χ0) is 19.2. The molecule has 0 saturated heterocycles. The number of benzene rings is 2. The fraction of sp³-hybridized carbons (Fsp3) is 0.235. The van der Waals surface area contributed by atoms with E-state index in [1.54, 1.807) is 6.07 Å². The molecule has 1 amide bonds. The van der Waals surface area contributed by atoms with E-state index in [1.807, 2.05) is 6.92 Å². The second kappa shape index (κ2) is 8.54. The lowest BCUT2D eigenvalue weighted by molar-refractivity contribution is -0.385. The third kappa shape index (κ3) is 5.11. The van der Waals surface area contributed by atoms with E-state index in [1.165, 1.54) is 42.5 Å². The number of carbonyl (C=O) groups excluding carboxylic acids is 1. The van der Waals surface area contributed by atoms with Crippen LogP contribution in [0.4, 0.5) is 11.4 Å². The molecule has 0 unspecified atom stereocenters. The van der Waals surface area contributed by atoms with Crippen LogP contribution < -0.4 is 10.0 Å². The summed E-state index contributed by atoms with van der Waals surface area (Å²) in [7, 11) is -3.57. The molecule has 26 heavy (non-hydrogen) atoms. The van der Waals surface area contributed by atoms with E-state index in [0.29, 0.717) is 24.2 Å². The highest BCUT2D eigenvalue weighted by molar-refractivity contribution is 7.89. The summed E-state index contributed by atoms with van der Waals surface area (Å²) in [6.45, 7) is 2.20. The monoisotopic (exact) mass is 377 g/mol. The van der Waals surface area contributed by atoms with Crippen LogP contribution in [-0.2, 0) is 21.2 Å². The Morgan fingerprint density at radius 1 is 1.12 bits per heavy atom. The molecule has 0 saturated carbocycles. The smallest absolute Gasteiger partial charge is 0.273 e. The second-order valence-electron chi connectivity index (χ2n) is 5.53. The second-order valence-corrected chi connectivity index (χ2v) is 7.30. The van der Waals surface area contributed by atoms with Crippen LogP contribution in [0.2, 0.25) is 0 Å². The summed E-state index contributed by atoms with van der Waals surface area (Å²) in [5.74, 6) is -0.431. The fourth-order valence-corrected chi connectivity index (χ4v) is 3.39. The number of anilines is 1. The summed E-state index contributed by atoms with van der Waals surface area (Å²) < 4.78 is 26.5. The molecule has 0 aromatic heterocycles. The fourth-order valence-electron chi connectivity index (χ4n) is 2.25. The first kappa shape index (κ1) is 19.5. The van der Waals surface area contributed by atoms with Crippen LogP contribution in [0, 0.1) is 10.1 Å². The maximum absolute atomic E-state index is 12.1. The standard InChI is InChI=1S/C17H19N3O5S/c1-2-11-18-26(24,25)15-9-7-14(8-10-15)19-17(21)12-13-5-3-4-6-16(13)20(22)23/h3-10,18H,2,11-12H2,1H3,(H,19,21). The first-order valence-corrected chi connectivity index (χ1v) is 9.43. The van der Waals surface area contributed by atoms with Crippen LogP contribution >= 0.6 is 0 Å². The number of nitrogens with zero attached hydrogens (tertiary/aromatic N) is 1. The molecule has 138 valence electrons. The Hall–Kier alpha value is -2.78. The molecule has 8 nitrogen and oxygen atoms in total. The van der Waals surface area contributed by atoms with Gasteiger partial charge in [-0.25, -0.2) is 13.1 Å². The van der Waals surface area contributed by atoms with Gasteiger partial charge in [-0.15, -0.1) is 0 Å². The molecule has 2 aromatic rings. The van der Waals surface area contributed by atoms with Crippen molar-refractivity contribution in [3.05, 3.63) is 64.2 Å². The highest BCUT2D eigenvalue weighted by Crippen LogP contribution is 2.19. The van der Waals surface area contributed by atoms with Crippen molar-refractivity contribution in [2.24, 2.45) is 0 Å². The zero-order valence-corrected chi connectivity index (χ0v) is 15.0. The van der Waals surface area contributed by atoms with Gasteiger partial charge in [-0.2, -0.15) is 0 Å². The molecule has 0 aliphatic carbocycles. The molecule has 0 aliphatic heterocycles. The first-order valence-electron chi connectivity index (χ1n) is 7.95. The number of nitro groups is 1. The average Bonchev–Trinajstić information content (AvgIpc) is 2.60. The Morgan fingerprint density at radius 2 is 1.77 bits per heavy atom. The Kier molecular flexibility index (Phi) is 6.42. The third-order valence-corrected chi connectivity index (χ3v) is 5.01. The minimum absolute atomic E-state index is 0.0997. The van der Waals surface area contributed by atoms with E-state index in [-0.39, 0.29) is 17.0 Å². The van der Waals surface area contributed by atoms with Crippen molar-refractivity contribution in [1.82, 2.24) is 4.72 Å². The van der Waals surface area contributed by atoms with E-state index in [2.05, 4.69) is 10.0 Å². The zero-order valence-electron chi connectivity index (χ0n) is 14.1. The Labute approximate surface area is 151 Å². The van der Waals surface area contributed by atoms with Gasteiger partial charge in [-0.3, -0.25) is 14.9 Å². The summed E-state index contributed by atoms with van der Waals surface area (Å²) in [4.78, 5) is 22.7. The van der Waals surface area contributed by atoms with Crippen molar-refractivity contribution >= 4 is 27.3 Å². The van der Waals surface area contributed by atoms with Crippen molar-refractivity contribution in [2.75, 3.05) is 11.9 Å². The Bertz CT molecular complexity index is 895. The van der Waals surface area contributed by atoms with Crippen molar-refractivity contribution in [1.29, 1.82) is 0 Å². The van der Waals surface area contributed by atoms with Crippen LogP contribution in [0.25, 0.3) is 0 Å². The molecular weight excluding hydrogens is 358 g/mol. The van der Waals surface area contributed by atoms with Crippen LogP contribution in [0.1, 0.15) is 18.9 Å². The third-order valence-electron chi connectivity index (χ3n) is 3.53. The van der Waals surface area contributed by atoms with Gasteiger partial charge in [0.05, 0.1) is 16.2 Å². The van der Waals surface area contributed by atoms with Crippen molar-refractivity contribution in [3.8, 4) is 0 Å². The van der Waals surface area contributed by atoms with Crippen molar-refractivity contribution < 1.29 is 18.1 Å². The Morgan fingerprint density at radius 3 is 2.38 bits per heavy atom. The van der Waals surface area contributed by atoms with Gasteiger partial charge in [0.15, 0.2) is 0 Å². The van der Waals surface area contributed by atoms with E-state index in [9.17, 15) is 23.3 Å². The molecule has 0 spiro atoms. The molecule has 0 radical (unpaired) electrons. The summed E-state index contributed by atoms with van der Waals surface area (Å²) in [5, 5.41) is 13.6. The first-order chi connectivity index (χ1) is 12.3. The van der Waals surface area contributed by atoms with E-state index >= 15 is 0 Å². The lowest BCUT2D eigenvalue weighted by Crippen LogP contribution is -2.24. The quantitative estimate of drug-likeness (QED) is 0.541. The molecule has 0 atom stereocenters. The molecule has 0 aliphatic rings. The summed E-state index contributed by atoms with van der Waals surface area (Å²) >= 11 is 0. The Balaban J connectivity index is 2.05. The maximum Gasteiger partial charge on any atom is 0.273 e. The highest BCUT2D eigenvalue weighted by atomic mass is 32.2. The highest BCUT2D eigenvalue weighted by Gasteiger charge is 2.16. The summed E-state index contributed by atoms with van der Waals surface area (Å²) in [6.07, 6.45) is 0.522. The molecular formula is C17H19N3O5S. The van der Waals surface area contributed by atoms with Crippen LogP contribution in [0.15, 0.2) is 53.4 Å². The molecule has 2 N–H and O–H groups in total. The van der Waals surface area contributed by atoms with Gasteiger partial charge in [0.1, 0.15) is 0 Å². The number of hydrogen-bond donors (Lipinski definition) is 2. The van der Waals surface area contributed by atoms with Crippen LogP contribution in [0.5, 0.6) is 0 Å². The van der Waals surface area contributed by atoms with Gasteiger partial charge in [0.25, 0.3) is 5.69 Å². The van der Waals surface area contributed by atoms with Crippen LogP contribution in [-0.4, -0.2) is 25.8 Å². The topological polar surface area (TPSA) is 118 Å². The minimum atomic E-state index is -3.57. The van der Waals surface area contributed by atoms with Gasteiger partial charge < -0.3 is 5.32 Å². The maximum atomic E-state index is 12.1. The number of nitro benzene ring substituents is 1. The van der Waals surface area contributed by atoms with Gasteiger partial charge in [0.2, 0.25) is 15.9 Å². The van der Waals surface area contributed by atoms with E-state index in [4.69, 9.17) is 0 Å². The number of para-hydroxylation sites is 1. The van der Waals surface area contributed by atoms with Gasteiger partial charge in [0, 0.05) is 23.9 Å². The lowest BCUT2D eigenvalue weighted by atomic mass is 10.1. The molecule has 9 heteroatoms. The molecule has 0 fully saturated rings. The minimum Gasteiger partial charge on any atom is -0.326 e. The number of amides is 1. The largest absolute Gasteiger partial charge is 0.326 e. The van der Waals surface area contributed by atoms with Gasteiger partial charge in [-0.05, 0) is 30.7 Å². The average molecular weight is 377 g/mol. The summed E-state index contributed by atoms with van der Waals surface area (Å²) in [6, 6.07) is 11.7. The normalized spacial score (nSPS) is 11.1. The predicted molar refractivity (Wildman–Crippen MR) is 97.4 cm³/mol. The number of carbonyl (C=O) groups is 1. The molecule has 0 bridgehead atoms. The van der Waals surface area contributed by atoms with Crippen LogP contribution in [0.3, 0.4) is 0 Å². The number of hydrogen-bond acceptors (Lipinski definition) is 5. The molecule has 0 heterocycles. The number of rotatable bonds is 8. The lowest BCUT2D eigenvalue weighted by Gasteiger charge is -2.08. The van der Waals surface area contributed by atoms with Crippen molar-refractivity contribution in [3.63, 3.8) is 0 Å². The van der Waals surface area contributed by atoms with E-state index in [0.717, 1.165) is 0 Å². The number of nitrogens with one attached hydrogen (secondary N) is 2. The molecule has 2 rings (SSSR count). The van der Waals surface area contributed by atoms with Gasteiger partial charge >= 0.3 is 0 Å². The van der Waals surface area contributed by atoms with E-state index < -0.39 is 20.9 Å². The SMILES string of the molecule is CCCNS(=O)(=O)c1ccc(NC(=O)Cc2ccccc2[N+](=O)[O-])cc1. The summed E-state index contributed by atoms with van der Waals surface area (Å²) in [5.41, 5.74) is 0.590. The molecule has 2 aromatic carbocycles. The number of sulfonamides is 1. The van der Waals surface area contributed by atoms with Gasteiger partial charge in [-0.1, -0.05) is 25.1 Å². The predicted octanol–water partition coefficient (Wildman–Crippen LogP) is 2.46.